The van der Waals surface area contributed by atoms with Crippen LogP contribution in [0.15, 0.2) is 36.9 Å². The Balaban J connectivity index is 1.95. The van der Waals surface area contributed by atoms with E-state index in [2.05, 4.69) is 15.0 Å². The monoisotopic (exact) mass is 478 g/mol. The number of hydrogen-bond donors (Lipinski definition) is 3. The highest BCUT2D eigenvalue weighted by Gasteiger charge is 2.41. The first-order chi connectivity index (χ1) is 15.9. The number of fused-ring (bicyclic) bond motifs is 1. The first kappa shape index (κ1) is 25.4. The van der Waals surface area contributed by atoms with Crippen LogP contribution < -0.4 is 15.8 Å². The number of nitrogens with one attached hydrogen (secondary N) is 2. The van der Waals surface area contributed by atoms with Gasteiger partial charge in [0.15, 0.2) is 0 Å². The maximum Gasteiger partial charge on any atom is 0.405 e. The zero-order valence-corrected chi connectivity index (χ0v) is 19.5. The number of alkyl halides is 3. The van der Waals surface area contributed by atoms with E-state index in [0.29, 0.717) is 29.1 Å². The Bertz CT molecular complexity index is 1150. The molecule has 0 saturated carbocycles. The van der Waals surface area contributed by atoms with Gasteiger partial charge in [-0.3, -0.25) is 9.78 Å². The van der Waals surface area contributed by atoms with Gasteiger partial charge in [-0.05, 0) is 32.1 Å². The lowest BCUT2D eigenvalue weighted by Gasteiger charge is -2.32. The van der Waals surface area contributed by atoms with E-state index >= 15 is 0 Å². The lowest BCUT2D eigenvalue weighted by Crippen LogP contribution is -2.56. The van der Waals surface area contributed by atoms with Gasteiger partial charge in [0.05, 0.1) is 6.20 Å². The van der Waals surface area contributed by atoms with Gasteiger partial charge in [0.25, 0.3) is 0 Å². The Morgan fingerprint density at radius 3 is 2.62 bits per heavy atom. The van der Waals surface area contributed by atoms with E-state index in [4.69, 9.17) is 10.5 Å². The fraction of sp³-hybridized carbons (Fsp3) is 0.435. The Morgan fingerprint density at radius 2 is 1.97 bits per heavy atom. The van der Waals surface area contributed by atoms with Gasteiger partial charge >= 0.3 is 6.18 Å². The number of carbonyl (C=O) groups is 1. The first-order valence-corrected chi connectivity index (χ1v) is 10.8. The topological polar surface area (TPSA) is 109 Å². The van der Waals surface area contributed by atoms with Crippen LogP contribution in [0, 0.1) is 5.92 Å². The van der Waals surface area contributed by atoms with E-state index in [0.717, 1.165) is 17.5 Å². The van der Waals surface area contributed by atoms with Crippen molar-refractivity contribution in [2.24, 2.45) is 11.7 Å². The normalized spacial score (nSPS) is 13.9. The molecule has 34 heavy (non-hydrogen) atoms. The first-order valence-electron chi connectivity index (χ1n) is 10.8. The summed E-state index contributed by atoms with van der Waals surface area (Å²) in [5.41, 5.74) is 7.02. The van der Waals surface area contributed by atoms with Gasteiger partial charge in [0.1, 0.15) is 30.1 Å². The molecule has 3 aromatic heterocycles. The molecule has 184 valence electrons. The molecule has 0 saturated heterocycles. The summed E-state index contributed by atoms with van der Waals surface area (Å²) in [6.07, 6.45) is 1.83. The fourth-order valence-corrected chi connectivity index (χ4v) is 3.51. The van der Waals surface area contributed by atoms with Crippen LogP contribution in [0.25, 0.3) is 22.2 Å². The standard InChI is InChI=1S/C23H29F3N6O2/c1-14(2)23(27,21(33)31-13-22(24,25)26)16-7-15(9-28-10-16)19-12-30-20-18(19)8-17(11-29-20)34-6-5-32(3)4/h7-12,14H,5-6,13,27H2,1-4H3,(H,29,30)(H,31,33)/t23-/m1/s1. The van der Waals surface area contributed by atoms with Crippen LogP contribution >= 0.6 is 0 Å². The average molecular weight is 479 g/mol. The quantitative estimate of drug-likeness (QED) is 0.436. The van der Waals surface area contributed by atoms with Crippen molar-refractivity contribution in [3.63, 3.8) is 0 Å². The predicted molar refractivity (Wildman–Crippen MR) is 123 cm³/mol. The lowest BCUT2D eigenvalue weighted by molar-refractivity contribution is -0.143. The van der Waals surface area contributed by atoms with Crippen LogP contribution in [-0.4, -0.2) is 65.7 Å². The smallest absolute Gasteiger partial charge is 0.405 e. The second-order valence-corrected chi connectivity index (χ2v) is 8.71. The highest BCUT2D eigenvalue weighted by atomic mass is 19.4. The van der Waals surface area contributed by atoms with Crippen molar-refractivity contribution in [2.45, 2.75) is 25.6 Å². The Hall–Kier alpha value is -3.18. The number of pyridine rings is 2. The minimum Gasteiger partial charge on any atom is -0.491 e. The molecule has 0 fully saturated rings. The zero-order chi connectivity index (χ0) is 25.1. The number of nitrogens with zero attached hydrogens (tertiary/aromatic N) is 3. The number of aromatic amines is 1. The van der Waals surface area contributed by atoms with Crippen molar-refractivity contribution in [3.8, 4) is 16.9 Å². The summed E-state index contributed by atoms with van der Waals surface area (Å²) >= 11 is 0. The van der Waals surface area contributed by atoms with Crippen molar-refractivity contribution in [1.82, 2.24) is 25.2 Å². The molecule has 0 aliphatic carbocycles. The van der Waals surface area contributed by atoms with Gasteiger partial charge in [0.2, 0.25) is 5.91 Å². The fourth-order valence-electron chi connectivity index (χ4n) is 3.51. The molecule has 0 unspecified atom stereocenters. The van der Waals surface area contributed by atoms with Gasteiger partial charge in [-0.25, -0.2) is 4.98 Å². The van der Waals surface area contributed by atoms with Crippen LogP contribution in [0.2, 0.25) is 0 Å². The Kier molecular flexibility index (Phi) is 7.47. The second kappa shape index (κ2) is 9.98. The molecular formula is C23H29F3N6O2. The number of likely N-dealkylation sites (N-methyl/N-ethyl adjacent to an activating group) is 1. The molecule has 3 aromatic rings. The molecule has 0 radical (unpaired) electrons. The summed E-state index contributed by atoms with van der Waals surface area (Å²) in [5.74, 6) is -0.823. The summed E-state index contributed by atoms with van der Waals surface area (Å²) in [6.45, 7) is 3.12. The summed E-state index contributed by atoms with van der Waals surface area (Å²) in [6, 6.07) is 3.52. The van der Waals surface area contributed by atoms with E-state index in [1.54, 1.807) is 38.5 Å². The number of nitrogens with two attached hydrogens (primary N) is 1. The molecule has 3 heterocycles. The number of halogens is 3. The Morgan fingerprint density at radius 1 is 1.24 bits per heavy atom. The van der Waals surface area contributed by atoms with E-state index in [-0.39, 0.29) is 0 Å². The van der Waals surface area contributed by atoms with Crippen molar-refractivity contribution < 1.29 is 22.7 Å². The molecule has 0 spiro atoms. The highest BCUT2D eigenvalue weighted by Crippen LogP contribution is 2.34. The van der Waals surface area contributed by atoms with E-state index in [1.807, 2.05) is 30.4 Å². The van der Waals surface area contributed by atoms with Crippen molar-refractivity contribution in [1.29, 1.82) is 0 Å². The molecule has 0 aliphatic rings. The molecule has 0 aliphatic heterocycles. The van der Waals surface area contributed by atoms with E-state index in [9.17, 15) is 18.0 Å². The average Bonchev–Trinajstić information content (AvgIpc) is 3.19. The van der Waals surface area contributed by atoms with Gasteiger partial charge in [-0.15, -0.1) is 0 Å². The number of carbonyl (C=O) groups excluding carboxylic acids is 1. The van der Waals surface area contributed by atoms with Crippen LogP contribution in [0.1, 0.15) is 19.4 Å². The summed E-state index contributed by atoms with van der Waals surface area (Å²) in [7, 11) is 3.90. The van der Waals surface area contributed by atoms with Crippen LogP contribution in [0.5, 0.6) is 5.75 Å². The molecule has 0 bridgehead atoms. The summed E-state index contributed by atoms with van der Waals surface area (Å²) in [4.78, 5) is 26.5. The van der Waals surface area contributed by atoms with Gasteiger partial charge in [0, 0.05) is 47.2 Å². The van der Waals surface area contributed by atoms with Crippen molar-refractivity contribution in [2.75, 3.05) is 33.8 Å². The summed E-state index contributed by atoms with van der Waals surface area (Å²) < 4.78 is 43.8. The number of ether oxygens (including phenoxy) is 1. The largest absolute Gasteiger partial charge is 0.491 e. The molecule has 11 heteroatoms. The highest BCUT2D eigenvalue weighted by molar-refractivity contribution is 5.95. The third-order valence-corrected chi connectivity index (χ3v) is 5.58. The van der Waals surface area contributed by atoms with Crippen molar-refractivity contribution >= 4 is 16.9 Å². The Labute approximate surface area is 195 Å². The molecule has 4 N–H and O–H groups in total. The molecule has 0 aromatic carbocycles. The third-order valence-electron chi connectivity index (χ3n) is 5.58. The number of aromatic nitrogens is 3. The van der Waals surface area contributed by atoms with E-state index < -0.39 is 30.1 Å². The SMILES string of the molecule is CC(C)[C@](N)(C(=O)NCC(F)(F)F)c1cncc(-c2c[nH]c3ncc(OCCN(C)C)cc23)c1. The maximum absolute atomic E-state index is 12.8. The molecule has 1 atom stereocenters. The maximum atomic E-state index is 12.8. The number of rotatable bonds is 9. The van der Waals surface area contributed by atoms with Crippen LogP contribution in [0.4, 0.5) is 13.2 Å². The van der Waals surface area contributed by atoms with Crippen LogP contribution in [-0.2, 0) is 10.3 Å². The number of amides is 1. The third kappa shape index (κ3) is 5.65. The second-order valence-electron chi connectivity index (χ2n) is 8.71. The number of hydrogen-bond acceptors (Lipinski definition) is 6. The predicted octanol–water partition coefficient (Wildman–Crippen LogP) is 3.05. The van der Waals surface area contributed by atoms with Gasteiger partial charge < -0.3 is 25.7 Å². The van der Waals surface area contributed by atoms with E-state index in [1.165, 1.54) is 6.20 Å². The number of H-pyrrole nitrogens is 1. The van der Waals surface area contributed by atoms with Crippen LogP contribution in [0.3, 0.4) is 0 Å². The molecule has 1 amide bonds. The minimum atomic E-state index is -4.54. The molecule has 8 nitrogen and oxygen atoms in total. The molecular weight excluding hydrogens is 449 g/mol. The molecule has 3 rings (SSSR count). The zero-order valence-electron chi connectivity index (χ0n) is 19.5. The minimum absolute atomic E-state index is 0.306. The van der Waals surface area contributed by atoms with Gasteiger partial charge in [-0.1, -0.05) is 13.8 Å². The van der Waals surface area contributed by atoms with Crippen molar-refractivity contribution in [3.05, 3.63) is 42.5 Å². The van der Waals surface area contributed by atoms with Gasteiger partial charge in [-0.2, -0.15) is 13.2 Å². The lowest BCUT2D eigenvalue weighted by atomic mass is 9.80. The summed E-state index contributed by atoms with van der Waals surface area (Å²) in [5, 5.41) is 2.68.